The van der Waals surface area contributed by atoms with Crippen LogP contribution in [0.4, 0.5) is 16.2 Å². The second-order valence-corrected chi connectivity index (χ2v) is 9.44. The van der Waals surface area contributed by atoms with Crippen LogP contribution in [0.3, 0.4) is 0 Å². The number of piperidine rings is 1. The zero-order chi connectivity index (χ0) is 19.9. The van der Waals surface area contributed by atoms with E-state index in [0.29, 0.717) is 30.2 Å². The molecule has 1 aliphatic rings. The molecular weight excluding hydrogens is 388 g/mol. The lowest BCUT2D eigenvalue weighted by atomic mass is 10.1. The lowest BCUT2D eigenvalue weighted by Crippen LogP contribution is -2.34. The first-order valence-electron chi connectivity index (χ1n) is 9.37. The molecule has 152 valence electrons. The molecule has 0 spiro atoms. The maximum Gasteiger partial charge on any atom is 0.319 e. The molecule has 1 fully saturated rings. The lowest BCUT2D eigenvalue weighted by Gasteiger charge is -2.29. The maximum atomic E-state index is 12.0. The Morgan fingerprint density at radius 1 is 1.26 bits per heavy atom. The van der Waals surface area contributed by atoms with E-state index in [2.05, 4.69) is 15.5 Å². The summed E-state index contributed by atoms with van der Waals surface area (Å²) in [6.07, 6.45) is 4.15. The standard InChI is InChI=1S/C18H29ClN4O3S/c1-3-27(25,26)22(2)11-7-10-20-18(24)21-15-8-9-17(16(19)14-15)23-12-5-4-6-13-23/h8-9,14H,3-7,10-13H2,1-2H3,(H2,20,21,24). The van der Waals surface area contributed by atoms with Crippen molar-refractivity contribution in [2.75, 3.05) is 49.2 Å². The number of carbonyl (C=O) groups excluding carboxylic acids is 1. The molecule has 1 aromatic carbocycles. The largest absolute Gasteiger partial charge is 0.370 e. The lowest BCUT2D eigenvalue weighted by molar-refractivity contribution is 0.251. The fourth-order valence-electron chi connectivity index (χ4n) is 3.01. The Labute approximate surface area is 167 Å². The minimum Gasteiger partial charge on any atom is -0.370 e. The summed E-state index contributed by atoms with van der Waals surface area (Å²) in [4.78, 5) is 14.3. The number of rotatable bonds is 8. The molecule has 1 heterocycles. The van der Waals surface area contributed by atoms with Gasteiger partial charge in [0.25, 0.3) is 0 Å². The zero-order valence-corrected chi connectivity index (χ0v) is 17.6. The van der Waals surface area contributed by atoms with Crippen molar-refractivity contribution in [3.05, 3.63) is 23.2 Å². The van der Waals surface area contributed by atoms with Crippen molar-refractivity contribution in [3.8, 4) is 0 Å². The average Bonchev–Trinajstić information content (AvgIpc) is 2.65. The Bertz CT molecular complexity index is 736. The van der Waals surface area contributed by atoms with E-state index in [4.69, 9.17) is 11.6 Å². The van der Waals surface area contributed by atoms with Gasteiger partial charge >= 0.3 is 6.03 Å². The number of sulfonamides is 1. The Hall–Kier alpha value is -1.51. The summed E-state index contributed by atoms with van der Waals surface area (Å²) in [6.45, 7) is 4.38. The molecule has 2 N–H and O–H groups in total. The van der Waals surface area contributed by atoms with E-state index in [-0.39, 0.29) is 11.8 Å². The number of nitrogens with zero attached hydrogens (tertiary/aromatic N) is 2. The first-order valence-corrected chi connectivity index (χ1v) is 11.4. The van der Waals surface area contributed by atoms with Gasteiger partial charge in [0.2, 0.25) is 10.0 Å². The highest BCUT2D eigenvalue weighted by Gasteiger charge is 2.15. The van der Waals surface area contributed by atoms with Crippen LogP contribution >= 0.6 is 11.6 Å². The molecule has 0 atom stereocenters. The van der Waals surface area contributed by atoms with Crippen molar-refractivity contribution in [1.29, 1.82) is 0 Å². The average molecular weight is 417 g/mol. The van der Waals surface area contributed by atoms with Gasteiger partial charge in [0.1, 0.15) is 0 Å². The molecule has 1 aliphatic heterocycles. The second kappa shape index (κ2) is 10.1. The molecule has 0 unspecified atom stereocenters. The first kappa shape index (κ1) is 21.8. The molecule has 0 saturated carbocycles. The van der Waals surface area contributed by atoms with Gasteiger partial charge < -0.3 is 15.5 Å². The van der Waals surface area contributed by atoms with Crippen molar-refractivity contribution in [3.63, 3.8) is 0 Å². The Morgan fingerprint density at radius 2 is 1.96 bits per heavy atom. The smallest absolute Gasteiger partial charge is 0.319 e. The van der Waals surface area contributed by atoms with Crippen molar-refractivity contribution in [1.82, 2.24) is 9.62 Å². The summed E-state index contributed by atoms with van der Waals surface area (Å²) in [5, 5.41) is 6.11. The van der Waals surface area contributed by atoms with E-state index in [0.717, 1.165) is 18.8 Å². The van der Waals surface area contributed by atoms with Gasteiger partial charge in [0.05, 0.1) is 16.5 Å². The number of nitrogens with one attached hydrogen (secondary N) is 2. The predicted octanol–water partition coefficient (Wildman–Crippen LogP) is 3.12. The number of carbonyl (C=O) groups is 1. The molecule has 2 rings (SSSR count). The monoisotopic (exact) mass is 416 g/mol. The number of urea groups is 1. The summed E-state index contributed by atoms with van der Waals surface area (Å²) in [7, 11) is -1.63. The maximum absolute atomic E-state index is 12.0. The fourth-order valence-corrected chi connectivity index (χ4v) is 4.16. The van der Waals surface area contributed by atoms with Gasteiger partial charge in [-0.2, -0.15) is 0 Å². The van der Waals surface area contributed by atoms with Crippen LogP contribution in [-0.4, -0.2) is 57.7 Å². The van der Waals surface area contributed by atoms with Gasteiger partial charge in [-0.3, -0.25) is 0 Å². The van der Waals surface area contributed by atoms with Crippen LogP contribution in [0.5, 0.6) is 0 Å². The molecule has 2 amide bonds. The van der Waals surface area contributed by atoms with E-state index in [1.807, 2.05) is 12.1 Å². The van der Waals surface area contributed by atoms with Crippen LogP contribution in [0.1, 0.15) is 32.6 Å². The SMILES string of the molecule is CCS(=O)(=O)N(C)CCCNC(=O)Nc1ccc(N2CCCCC2)c(Cl)c1. The van der Waals surface area contributed by atoms with Crippen LogP contribution in [0, 0.1) is 0 Å². The van der Waals surface area contributed by atoms with Crippen molar-refractivity contribution >= 4 is 39.0 Å². The molecule has 0 aliphatic carbocycles. The Morgan fingerprint density at radius 3 is 2.59 bits per heavy atom. The van der Waals surface area contributed by atoms with E-state index < -0.39 is 10.0 Å². The third-order valence-corrected chi connectivity index (χ3v) is 6.84. The third kappa shape index (κ3) is 6.55. The van der Waals surface area contributed by atoms with Gasteiger partial charge in [0.15, 0.2) is 0 Å². The molecule has 0 aromatic heterocycles. The van der Waals surface area contributed by atoms with Crippen molar-refractivity contribution < 1.29 is 13.2 Å². The Kier molecular flexibility index (Phi) is 8.19. The third-order valence-electron chi connectivity index (χ3n) is 4.68. The zero-order valence-electron chi connectivity index (χ0n) is 16.0. The second-order valence-electron chi connectivity index (χ2n) is 6.67. The van der Waals surface area contributed by atoms with Crippen LogP contribution < -0.4 is 15.5 Å². The molecule has 1 aromatic rings. The number of amides is 2. The van der Waals surface area contributed by atoms with Gasteiger partial charge in [-0.05, 0) is 50.8 Å². The highest BCUT2D eigenvalue weighted by Crippen LogP contribution is 2.30. The molecule has 9 heteroatoms. The molecule has 0 bridgehead atoms. The number of hydrogen-bond acceptors (Lipinski definition) is 4. The minimum absolute atomic E-state index is 0.0750. The van der Waals surface area contributed by atoms with E-state index in [1.54, 1.807) is 20.0 Å². The van der Waals surface area contributed by atoms with E-state index in [9.17, 15) is 13.2 Å². The number of anilines is 2. The molecule has 7 nitrogen and oxygen atoms in total. The first-order chi connectivity index (χ1) is 12.8. The van der Waals surface area contributed by atoms with Crippen LogP contribution in [0.15, 0.2) is 18.2 Å². The molecule has 0 radical (unpaired) electrons. The van der Waals surface area contributed by atoms with Crippen LogP contribution in [-0.2, 0) is 10.0 Å². The summed E-state index contributed by atoms with van der Waals surface area (Å²) >= 11 is 6.39. The van der Waals surface area contributed by atoms with Crippen molar-refractivity contribution in [2.45, 2.75) is 32.6 Å². The number of benzene rings is 1. The summed E-state index contributed by atoms with van der Waals surface area (Å²) in [6, 6.07) is 5.20. The molecule has 27 heavy (non-hydrogen) atoms. The highest BCUT2D eigenvalue weighted by atomic mass is 35.5. The predicted molar refractivity (Wildman–Crippen MR) is 111 cm³/mol. The van der Waals surface area contributed by atoms with Gasteiger partial charge in [-0.15, -0.1) is 0 Å². The fraction of sp³-hybridized carbons (Fsp3) is 0.611. The van der Waals surface area contributed by atoms with Crippen LogP contribution in [0.2, 0.25) is 5.02 Å². The van der Waals surface area contributed by atoms with Gasteiger partial charge in [-0.1, -0.05) is 11.6 Å². The molecule has 1 saturated heterocycles. The number of halogens is 1. The summed E-state index contributed by atoms with van der Waals surface area (Å²) in [5.74, 6) is 0.0750. The minimum atomic E-state index is -3.18. The quantitative estimate of drug-likeness (QED) is 0.638. The van der Waals surface area contributed by atoms with Crippen molar-refractivity contribution in [2.24, 2.45) is 0 Å². The van der Waals surface area contributed by atoms with E-state index >= 15 is 0 Å². The molecular formula is C18H29ClN4O3S. The van der Waals surface area contributed by atoms with Gasteiger partial charge in [-0.25, -0.2) is 17.5 Å². The highest BCUT2D eigenvalue weighted by molar-refractivity contribution is 7.89. The van der Waals surface area contributed by atoms with Gasteiger partial charge in [0, 0.05) is 38.9 Å². The van der Waals surface area contributed by atoms with E-state index in [1.165, 1.54) is 23.6 Å². The number of hydrogen-bond donors (Lipinski definition) is 2. The topological polar surface area (TPSA) is 81.8 Å². The normalized spacial score (nSPS) is 15.0. The summed E-state index contributed by atoms with van der Waals surface area (Å²) < 4.78 is 24.6. The summed E-state index contributed by atoms with van der Waals surface area (Å²) in [5.41, 5.74) is 1.63. The Balaban J connectivity index is 1.78. The van der Waals surface area contributed by atoms with Crippen LogP contribution in [0.25, 0.3) is 0 Å².